The third kappa shape index (κ3) is 3.69. The Labute approximate surface area is 94.4 Å². The summed E-state index contributed by atoms with van der Waals surface area (Å²) in [5.74, 6) is 0. The molecule has 0 spiro atoms. The van der Waals surface area contributed by atoms with Crippen LogP contribution < -0.4 is 5.32 Å². The van der Waals surface area contributed by atoms with Crippen LogP contribution in [0.4, 0.5) is 10.5 Å². The molecule has 1 amide bonds. The first kappa shape index (κ1) is 11.6. The van der Waals surface area contributed by atoms with Gasteiger partial charge in [-0.15, -0.1) is 0 Å². The van der Waals surface area contributed by atoms with Gasteiger partial charge in [0.15, 0.2) is 0 Å². The largest absolute Gasteiger partial charge is 0.453 e. The highest BCUT2D eigenvalue weighted by atomic mass is 35.7. The van der Waals surface area contributed by atoms with Crippen LogP contribution in [0.15, 0.2) is 29.2 Å². The van der Waals surface area contributed by atoms with Gasteiger partial charge in [0.2, 0.25) is 0 Å². The molecule has 14 heavy (non-hydrogen) atoms. The molecule has 0 radical (unpaired) electrons. The van der Waals surface area contributed by atoms with Gasteiger partial charge in [0.25, 0.3) is 0 Å². The summed E-state index contributed by atoms with van der Waals surface area (Å²) in [6.07, 6.45) is -0.481. The van der Waals surface area contributed by atoms with E-state index in [0.29, 0.717) is 5.69 Å². The molecular weight excluding hydrogens is 242 g/mol. The van der Waals surface area contributed by atoms with Crippen LogP contribution in [0.25, 0.3) is 0 Å². The predicted molar refractivity (Wildman–Crippen MR) is 61.8 cm³/mol. The molecule has 1 aromatic carbocycles. The summed E-state index contributed by atoms with van der Waals surface area (Å²) < 4.78 is 4.47. The van der Waals surface area contributed by atoms with Crippen molar-refractivity contribution in [1.29, 1.82) is 0 Å². The number of amides is 1. The number of nitrogens with one attached hydrogen (secondary N) is 1. The van der Waals surface area contributed by atoms with Crippen LogP contribution in [0.3, 0.4) is 0 Å². The SMILES string of the molecule is COC(=O)Nc1cccc(SSCl)c1. The summed E-state index contributed by atoms with van der Waals surface area (Å²) in [5, 5.41) is 2.56. The molecule has 0 aliphatic carbocycles. The van der Waals surface area contributed by atoms with Crippen molar-refractivity contribution in [2.75, 3.05) is 12.4 Å². The fourth-order valence-electron chi connectivity index (χ4n) is 0.831. The minimum atomic E-state index is -0.481. The molecule has 0 heterocycles. The van der Waals surface area contributed by atoms with Crippen LogP contribution >= 0.6 is 31.5 Å². The zero-order valence-corrected chi connectivity index (χ0v) is 9.71. The van der Waals surface area contributed by atoms with Gasteiger partial charge < -0.3 is 4.74 Å². The first-order valence-electron chi connectivity index (χ1n) is 3.66. The maximum Gasteiger partial charge on any atom is 0.411 e. The molecule has 1 aromatic rings. The first-order valence-corrected chi connectivity index (χ1v) is 6.64. The molecule has 0 fully saturated rings. The van der Waals surface area contributed by atoms with Gasteiger partial charge in [-0.05, 0) is 39.7 Å². The van der Waals surface area contributed by atoms with Crippen molar-refractivity contribution in [3.05, 3.63) is 24.3 Å². The molecule has 0 aliphatic rings. The van der Waals surface area contributed by atoms with E-state index >= 15 is 0 Å². The monoisotopic (exact) mass is 249 g/mol. The first-order chi connectivity index (χ1) is 6.76. The number of halogens is 1. The Kier molecular flexibility index (Phi) is 5.00. The van der Waals surface area contributed by atoms with Crippen LogP contribution in [-0.2, 0) is 4.74 Å². The lowest BCUT2D eigenvalue weighted by Crippen LogP contribution is -2.10. The second-order valence-electron chi connectivity index (χ2n) is 2.29. The molecule has 1 rings (SSSR count). The predicted octanol–water partition coefficient (Wildman–Crippen LogP) is 3.76. The highest BCUT2D eigenvalue weighted by Crippen LogP contribution is 2.34. The van der Waals surface area contributed by atoms with Gasteiger partial charge in [-0.25, -0.2) is 4.79 Å². The van der Waals surface area contributed by atoms with E-state index in [1.165, 1.54) is 17.9 Å². The molecule has 0 saturated carbocycles. The van der Waals surface area contributed by atoms with Crippen molar-refractivity contribution in [3.63, 3.8) is 0 Å². The van der Waals surface area contributed by atoms with Crippen LogP contribution in [0.2, 0.25) is 0 Å². The standard InChI is InChI=1S/C8H8ClNO2S2/c1-12-8(11)10-6-3-2-4-7(5-6)13-14-9/h2-5H,1H3,(H,10,11). The molecule has 6 heteroatoms. The zero-order valence-electron chi connectivity index (χ0n) is 7.32. The third-order valence-corrected chi connectivity index (χ3v) is 3.24. The van der Waals surface area contributed by atoms with E-state index in [2.05, 4.69) is 10.1 Å². The zero-order chi connectivity index (χ0) is 10.4. The maximum atomic E-state index is 10.9. The number of rotatable bonds is 3. The van der Waals surface area contributed by atoms with E-state index in [-0.39, 0.29) is 0 Å². The number of hydrogen-bond acceptors (Lipinski definition) is 4. The normalized spacial score (nSPS) is 9.57. The second kappa shape index (κ2) is 6.06. The third-order valence-electron chi connectivity index (χ3n) is 1.39. The van der Waals surface area contributed by atoms with Crippen LogP contribution in [0.1, 0.15) is 0 Å². The minimum Gasteiger partial charge on any atom is -0.453 e. The molecular formula is C8H8ClNO2S2. The van der Waals surface area contributed by atoms with E-state index in [4.69, 9.17) is 10.7 Å². The number of methoxy groups -OCH3 is 1. The highest BCUT2D eigenvalue weighted by Gasteiger charge is 2.01. The van der Waals surface area contributed by atoms with Crippen molar-refractivity contribution in [2.24, 2.45) is 0 Å². The summed E-state index contributed by atoms with van der Waals surface area (Å²) in [6.45, 7) is 0. The van der Waals surface area contributed by atoms with Crippen molar-refractivity contribution >= 4 is 43.3 Å². The average molecular weight is 250 g/mol. The van der Waals surface area contributed by atoms with E-state index in [1.807, 2.05) is 18.2 Å². The lowest BCUT2D eigenvalue weighted by molar-refractivity contribution is 0.187. The number of hydrogen-bond donors (Lipinski definition) is 1. The fraction of sp³-hybridized carbons (Fsp3) is 0.125. The van der Waals surface area contributed by atoms with Crippen LogP contribution in [0, 0.1) is 0 Å². The van der Waals surface area contributed by atoms with Crippen LogP contribution in [-0.4, -0.2) is 13.2 Å². The Morgan fingerprint density at radius 2 is 2.36 bits per heavy atom. The average Bonchev–Trinajstić information content (AvgIpc) is 2.19. The van der Waals surface area contributed by atoms with Gasteiger partial charge in [0.05, 0.1) is 7.11 Å². The quantitative estimate of drug-likeness (QED) is 0.828. The van der Waals surface area contributed by atoms with Crippen LogP contribution in [0.5, 0.6) is 0 Å². The number of carbonyl (C=O) groups is 1. The number of carbonyl (C=O) groups excluding carboxylic acids is 1. The molecule has 0 saturated heterocycles. The van der Waals surface area contributed by atoms with Crippen molar-refractivity contribution in [3.8, 4) is 0 Å². The Morgan fingerprint density at radius 3 is 3.00 bits per heavy atom. The summed E-state index contributed by atoms with van der Waals surface area (Å²) in [5.41, 5.74) is 0.688. The Bertz CT molecular complexity index is 322. The lowest BCUT2D eigenvalue weighted by atomic mass is 10.3. The summed E-state index contributed by atoms with van der Waals surface area (Å²) in [4.78, 5) is 11.9. The van der Waals surface area contributed by atoms with Crippen molar-refractivity contribution in [1.82, 2.24) is 0 Å². The van der Waals surface area contributed by atoms with Crippen molar-refractivity contribution < 1.29 is 9.53 Å². The number of benzene rings is 1. The minimum absolute atomic E-state index is 0.481. The molecule has 0 aromatic heterocycles. The summed E-state index contributed by atoms with van der Waals surface area (Å²) >= 11 is 0. The molecule has 0 unspecified atom stereocenters. The molecule has 0 atom stereocenters. The smallest absolute Gasteiger partial charge is 0.411 e. The molecule has 3 nitrogen and oxygen atoms in total. The Hall–Kier alpha value is -0.520. The van der Waals surface area contributed by atoms with Gasteiger partial charge in [-0.3, -0.25) is 5.32 Å². The Morgan fingerprint density at radius 1 is 1.57 bits per heavy atom. The number of ether oxygens (including phenoxy) is 1. The van der Waals surface area contributed by atoms with Gasteiger partial charge in [-0.2, -0.15) is 0 Å². The van der Waals surface area contributed by atoms with E-state index in [9.17, 15) is 4.79 Å². The number of anilines is 1. The molecule has 0 bridgehead atoms. The molecule has 76 valence electrons. The Balaban J connectivity index is 2.68. The molecule has 0 aliphatic heterocycles. The van der Waals surface area contributed by atoms with Gasteiger partial charge >= 0.3 is 6.09 Å². The molecule has 1 N–H and O–H groups in total. The fourth-order valence-corrected chi connectivity index (χ4v) is 2.40. The summed E-state index contributed by atoms with van der Waals surface area (Å²) in [6, 6.07) is 7.33. The second-order valence-corrected chi connectivity index (χ2v) is 5.07. The van der Waals surface area contributed by atoms with Crippen molar-refractivity contribution in [2.45, 2.75) is 4.90 Å². The lowest BCUT2D eigenvalue weighted by Gasteiger charge is -2.04. The highest BCUT2D eigenvalue weighted by molar-refractivity contribution is 8.85. The van der Waals surface area contributed by atoms with E-state index in [1.54, 1.807) is 6.07 Å². The topological polar surface area (TPSA) is 38.3 Å². The van der Waals surface area contributed by atoms with Gasteiger partial charge in [-0.1, -0.05) is 6.07 Å². The maximum absolute atomic E-state index is 10.9. The van der Waals surface area contributed by atoms with Gasteiger partial charge in [0.1, 0.15) is 0 Å². The summed E-state index contributed by atoms with van der Waals surface area (Å²) in [7, 11) is 9.36. The van der Waals surface area contributed by atoms with E-state index < -0.39 is 6.09 Å². The van der Waals surface area contributed by atoms with Gasteiger partial charge in [0, 0.05) is 20.6 Å². The van der Waals surface area contributed by atoms with E-state index in [0.717, 1.165) is 14.9 Å².